The van der Waals surface area contributed by atoms with Crippen molar-refractivity contribution in [3.8, 4) is 5.75 Å². The van der Waals surface area contributed by atoms with Crippen LogP contribution in [0.5, 0.6) is 5.75 Å². The molecule has 4 nitrogen and oxygen atoms in total. The number of carbonyl (C=O) groups is 1. The SMILES string of the molecule is CCOc1ccc(N(C)C(=O)C[C@H](C)n2cccc2)cc1. The normalized spacial score (nSPS) is 12.0. The Morgan fingerprint density at radius 3 is 2.43 bits per heavy atom. The lowest BCUT2D eigenvalue weighted by atomic mass is 10.2. The molecule has 1 aromatic carbocycles. The van der Waals surface area contributed by atoms with Gasteiger partial charge in [0.05, 0.1) is 6.61 Å². The minimum absolute atomic E-state index is 0.0976. The number of carbonyl (C=O) groups excluding carboxylic acids is 1. The molecular formula is C17H22N2O2. The minimum atomic E-state index is 0.0976. The smallest absolute Gasteiger partial charge is 0.228 e. The first-order chi connectivity index (χ1) is 10.1. The second-order valence-corrected chi connectivity index (χ2v) is 5.06. The number of aromatic nitrogens is 1. The molecule has 0 unspecified atom stereocenters. The fraction of sp³-hybridized carbons (Fsp3) is 0.353. The third-order valence-electron chi connectivity index (χ3n) is 3.52. The van der Waals surface area contributed by atoms with Crippen molar-refractivity contribution < 1.29 is 9.53 Å². The Morgan fingerprint density at radius 1 is 1.24 bits per heavy atom. The van der Waals surface area contributed by atoms with Crippen molar-refractivity contribution >= 4 is 11.6 Å². The monoisotopic (exact) mass is 286 g/mol. The summed E-state index contributed by atoms with van der Waals surface area (Å²) in [5.41, 5.74) is 0.878. The molecule has 21 heavy (non-hydrogen) atoms. The Labute approximate surface area is 125 Å². The molecule has 0 fully saturated rings. The summed E-state index contributed by atoms with van der Waals surface area (Å²) in [6, 6.07) is 11.7. The lowest BCUT2D eigenvalue weighted by molar-refractivity contribution is -0.119. The van der Waals surface area contributed by atoms with Crippen LogP contribution in [0.2, 0.25) is 0 Å². The van der Waals surface area contributed by atoms with E-state index in [4.69, 9.17) is 4.74 Å². The number of hydrogen-bond acceptors (Lipinski definition) is 2. The second-order valence-electron chi connectivity index (χ2n) is 5.06. The highest BCUT2D eigenvalue weighted by Gasteiger charge is 2.15. The van der Waals surface area contributed by atoms with Crippen LogP contribution in [-0.2, 0) is 4.79 Å². The van der Waals surface area contributed by atoms with Gasteiger partial charge in [-0.1, -0.05) is 0 Å². The lowest BCUT2D eigenvalue weighted by Crippen LogP contribution is -2.28. The van der Waals surface area contributed by atoms with E-state index in [0.29, 0.717) is 13.0 Å². The van der Waals surface area contributed by atoms with Crippen molar-refractivity contribution in [1.82, 2.24) is 4.57 Å². The Morgan fingerprint density at radius 2 is 1.86 bits per heavy atom. The number of nitrogens with zero attached hydrogens (tertiary/aromatic N) is 2. The van der Waals surface area contributed by atoms with E-state index in [2.05, 4.69) is 0 Å². The average Bonchev–Trinajstić information content (AvgIpc) is 3.02. The van der Waals surface area contributed by atoms with Gasteiger partial charge in [-0.15, -0.1) is 0 Å². The van der Waals surface area contributed by atoms with E-state index in [9.17, 15) is 4.79 Å². The van der Waals surface area contributed by atoms with Crippen LogP contribution in [0.4, 0.5) is 5.69 Å². The summed E-state index contributed by atoms with van der Waals surface area (Å²) in [7, 11) is 1.81. The van der Waals surface area contributed by atoms with Crippen molar-refractivity contribution in [3.05, 3.63) is 48.8 Å². The second kappa shape index (κ2) is 6.97. The Balaban J connectivity index is 1.98. The highest BCUT2D eigenvalue weighted by Crippen LogP contribution is 2.21. The van der Waals surface area contributed by atoms with Crippen LogP contribution in [0.3, 0.4) is 0 Å². The van der Waals surface area contributed by atoms with E-state index in [-0.39, 0.29) is 11.9 Å². The van der Waals surface area contributed by atoms with E-state index in [1.807, 2.05) is 67.2 Å². The summed E-state index contributed by atoms with van der Waals surface area (Å²) in [5, 5.41) is 0. The number of ether oxygens (including phenoxy) is 1. The predicted molar refractivity (Wildman–Crippen MR) is 84.8 cm³/mol. The van der Waals surface area contributed by atoms with Gasteiger partial charge in [0.25, 0.3) is 0 Å². The molecule has 1 atom stereocenters. The van der Waals surface area contributed by atoms with Crippen molar-refractivity contribution in [2.45, 2.75) is 26.3 Å². The molecular weight excluding hydrogens is 264 g/mol. The summed E-state index contributed by atoms with van der Waals surface area (Å²) in [4.78, 5) is 14.0. The third-order valence-corrected chi connectivity index (χ3v) is 3.52. The summed E-state index contributed by atoms with van der Waals surface area (Å²) < 4.78 is 7.45. The molecule has 0 aliphatic carbocycles. The predicted octanol–water partition coefficient (Wildman–Crippen LogP) is 3.50. The standard InChI is InChI=1S/C17H22N2O2/c1-4-21-16-9-7-15(8-10-16)18(3)17(20)13-14(2)19-11-5-6-12-19/h5-12,14H,4,13H2,1-3H3/t14-/m0/s1. The number of hydrogen-bond donors (Lipinski definition) is 0. The maximum Gasteiger partial charge on any atom is 0.228 e. The van der Waals surface area contributed by atoms with Gasteiger partial charge in [-0.3, -0.25) is 4.79 Å². The van der Waals surface area contributed by atoms with Gasteiger partial charge < -0.3 is 14.2 Å². The third kappa shape index (κ3) is 3.88. The largest absolute Gasteiger partial charge is 0.494 e. The van der Waals surface area contributed by atoms with Gasteiger partial charge in [-0.05, 0) is 50.2 Å². The molecule has 4 heteroatoms. The van der Waals surface area contributed by atoms with E-state index >= 15 is 0 Å². The van der Waals surface area contributed by atoms with Crippen LogP contribution in [0.15, 0.2) is 48.8 Å². The zero-order valence-electron chi connectivity index (χ0n) is 12.8. The molecule has 0 saturated heterocycles. The molecule has 2 aromatic rings. The van der Waals surface area contributed by atoms with Gasteiger partial charge in [0, 0.05) is 37.6 Å². The van der Waals surface area contributed by atoms with Gasteiger partial charge in [-0.2, -0.15) is 0 Å². The lowest BCUT2D eigenvalue weighted by Gasteiger charge is -2.21. The van der Waals surface area contributed by atoms with E-state index < -0.39 is 0 Å². The first-order valence-electron chi connectivity index (χ1n) is 7.23. The molecule has 2 rings (SSSR count). The molecule has 0 bridgehead atoms. The maximum atomic E-state index is 12.3. The van der Waals surface area contributed by atoms with E-state index in [1.165, 1.54) is 0 Å². The fourth-order valence-electron chi connectivity index (χ4n) is 2.21. The van der Waals surface area contributed by atoms with Crippen LogP contribution in [0.1, 0.15) is 26.3 Å². The van der Waals surface area contributed by atoms with Gasteiger partial charge in [0.15, 0.2) is 0 Å². The van der Waals surface area contributed by atoms with Crippen LogP contribution in [-0.4, -0.2) is 24.1 Å². The molecule has 0 spiro atoms. The first kappa shape index (κ1) is 15.2. The summed E-state index contributed by atoms with van der Waals surface area (Å²) in [6.45, 7) is 4.64. The summed E-state index contributed by atoms with van der Waals surface area (Å²) >= 11 is 0. The van der Waals surface area contributed by atoms with Gasteiger partial charge in [0.1, 0.15) is 5.75 Å². The van der Waals surface area contributed by atoms with E-state index in [1.54, 1.807) is 11.9 Å². The highest BCUT2D eigenvalue weighted by atomic mass is 16.5. The van der Waals surface area contributed by atoms with Crippen LogP contribution in [0.25, 0.3) is 0 Å². The van der Waals surface area contributed by atoms with E-state index in [0.717, 1.165) is 11.4 Å². The number of amides is 1. The minimum Gasteiger partial charge on any atom is -0.494 e. The zero-order chi connectivity index (χ0) is 15.2. The summed E-state index contributed by atoms with van der Waals surface area (Å²) in [5.74, 6) is 0.920. The molecule has 0 radical (unpaired) electrons. The highest BCUT2D eigenvalue weighted by molar-refractivity contribution is 5.93. The fourth-order valence-corrected chi connectivity index (χ4v) is 2.21. The Bertz CT molecular complexity index is 561. The van der Waals surface area contributed by atoms with Gasteiger partial charge in [-0.25, -0.2) is 0 Å². The van der Waals surface area contributed by atoms with Crippen LogP contribution in [0, 0.1) is 0 Å². The van der Waals surface area contributed by atoms with Crippen molar-refractivity contribution in [2.75, 3.05) is 18.6 Å². The maximum absolute atomic E-state index is 12.3. The molecule has 0 aliphatic rings. The number of benzene rings is 1. The van der Waals surface area contributed by atoms with Crippen molar-refractivity contribution in [1.29, 1.82) is 0 Å². The molecule has 0 saturated carbocycles. The number of anilines is 1. The van der Waals surface area contributed by atoms with Gasteiger partial charge >= 0.3 is 0 Å². The topological polar surface area (TPSA) is 34.5 Å². The number of rotatable bonds is 6. The molecule has 112 valence electrons. The molecule has 1 amide bonds. The first-order valence-corrected chi connectivity index (χ1v) is 7.23. The van der Waals surface area contributed by atoms with Crippen molar-refractivity contribution in [3.63, 3.8) is 0 Å². The average molecular weight is 286 g/mol. The molecule has 1 heterocycles. The van der Waals surface area contributed by atoms with Crippen LogP contribution >= 0.6 is 0 Å². The summed E-state index contributed by atoms with van der Waals surface area (Å²) in [6.07, 6.45) is 4.43. The Kier molecular flexibility index (Phi) is 5.04. The zero-order valence-corrected chi connectivity index (χ0v) is 12.8. The molecule has 0 N–H and O–H groups in total. The van der Waals surface area contributed by atoms with Crippen LogP contribution < -0.4 is 9.64 Å². The molecule has 1 aromatic heterocycles. The van der Waals surface area contributed by atoms with Gasteiger partial charge in [0.2, 0.25) is 5.91 Å². The quantitative estimate of drug-likeness (QED) is 0.814. The Hall–Kier alpha value is -2.23. The van der Waals surface area contributed by atoms with Crippen molar-refractivity contribution in [2.24, 2.45) is 0 Å². The molecule has 0 aliphatic heterocycles.